The third-order valence-electron chi connectivity index (χ3n) is 7.87. The molecule has 0 unspecified atom stereocenters. The molecule has 2 aromatic heterocycles. The number of allylic oxidation sites excluding steroid dienone is 2. The Morgan fingerprint density at radius 1 is 0.773 bits per heavy atom. The molecule has 2 aromatic rings. The molecule has 2 aliphatic rings. The molecular formula is C33H35ClN4O6. The fourth-order valence-corrected chi connectivity index (χ4v) is 5.34. The largest absolute Gasteiger partial charge is 0.481 e. The standard InChI is InChI=1S/C33H34N4O6.ClH/c1-7-20-19(6)32(42)37-27(20)14-25-18(5)23(10-12-31(40)41)29(35-25)15-28-22(9-11-30(38)39)17(4)24(34-28)13-26-16(3)21(8-2)33(43)36-26;/h7-8,13-15,34-35H,1-2,9-12H2,3-6H3,(H,37,42)(H,38,39)(H,40,41);1H/b24-13-,27-14-,28-15-;. The summed E-state index contributed by atoms with van der Waals surface area (Å²) >= 11 is 0. The fraction of sp³-hybridized carbons (Fsp3) is 0.242. The summed E-state index contributed by atoms with van der Waals surface area (Å²) in [6.45, 7) is 14.8. The van der Waals surface area contributed by atoms with E-state index in [2.05, 4.69) is 33.4 Å². The van der Waals surface area contributed by atoms with Crippen LogP contribution in [0.3, 0.4) is 0 Å². The predicted molar refractivity (Wildman–Crippen MR) is 172 cm³/mol. The summed E-state index contributed by atoms with van der Waals surface area (Å²) in [6.07, 6.45) is 8.80. The number of H-pyrrole nitrogens is 2. The lowest BCUT2D eigenvalue weighted by molar-refractivity contribution is -0.138. The topological polar surface area (TPSA) is 165 Å². The van der Waals surface area contributed by atoms with Crippen molar-refractivity contribution in [1.82, 2.24) is 15.3 Å². The van der Waals surface area contributed by atoms with E-state index >= 15 is 0 Å². The molecule has 5 N–H and O–H groups in total. The minimum absolute atomic E-state index is 0. The van der Waals surface area contributed by atoms with Crippen molar-refractivity contribution >= 4 is 60.1 Å². The number of amides is 2. The van der Waals surface area contributed by atoms with Crippen LogP contribution in [0.1, 0.15) is 60.3 Å². The summed E-state index contributed by atoms with van der Waals surface area (Å²) in [4.78, 5) is 58.4. The Bertz CT molecular complexity index is 1860. The number of aromatic nitrogens is 2. The summed E-state index contributed by atoms with van der Waals surface area (Å²) in [6, 6.07) is 0. The van der Waals surface area contributed by atoms with Crippen LogP contribution in [0.2, 0.25) is 0 Å². The van der Waals surface area contributed by atoms with Gasteiger partial charge in [0.2, 0.25) is 0 Å². The highest BCUT2D eigenvalue weighted by molar-refractivity contribution is 6.31. The van der Waals surface area contributed by atoms with E-state index in [0.717, 1.165) is 22.3 Å². The van der Waals surface area contributed by atoms with Crippen LogP contribution < -0.4 is 16.0 Å². The van der Waals surface area contributed by atoms with Crippen LogP contribution in [0.15, 0.2) is 58.3 Å². The number of carboxylic acids is 2. The Labute approximate surface area is 260 Å². The van der Waals surface area contributed by atoms with E-state index in [1.54, 1.807) is 32.1 Å². The molecule has 0 radical (unpaired) electrons. The lowest BCUT2D eigenvalue weighted by Crippen LogP contribution is -2.15. The van der Waals surface area contributed by atoms with Crippen molar-refractivity contribution in [2.24, 2.45) is 4.99 Å². The molecule has 0 atom stereocenters. The van der Waals surface area contributed by atoms with E-state index in [1.807, 2.05) is 19.9 Å². The van der Waals surface area contributed by atoms with Gasteiger partial charge >= 0.3 is 11.9 Å². The Hall–Kier alpha value is -4.96. The van der Waals surface area contributed by atoms with Gasteiger partial charge in [-0.2, -0.15) is 0 Å². The highest BCUT2D eigenvalue weighted by Crippen LogP contribution is 2.27. The molecule has 0 saturated heterocycles. The van der Waals surface area contributed by atoms with E-state index in [4.69, 9.17) is 0 Å². The van der Waals surface area contributed by atoms with Crippen molar-refractivity contribution in [1.29, 1.82) is 0 Å². The predicted octanol–water partition coefficient (Wildman–Crippen LogP) is 3.48. The van der Waals surface area contributed by atoms with Gasteiger partial charge in [-0.15, -0.1) is 12.4 Å². The van der Waals surface area contributed by atoms with Crippen LogP contribution >= 0.6 is 12.4 Å². The van der Waals surface area contributed by atoms with Crippen molar-refractivity contribution in [2.45, 2.75) is 53.4 Å². The van der Waals surface area contributed by atoms with E-state index in [-0.39, 0.29) is 49.9 Å². The Morgan fingerprint density at radius 2 is 1.39 bits per heavy atom. The number of rotatable bonds is 11. The number of hydrogen-bond acceptors (Lipinski definition) is 4. The maximum atomic E-state index is 12.3. The molecular weight excluding hydrogens is 584 g/mol. The second kappa shape index (κ2) is 13.6. The lowest BCUT2D eigenvalue weighted by Gasteiger charge is -2.02. The molecule has 230 valence electrons. The molecule has 0 aliphatic carbocycles. The third-order valence-corrected chi connectivity index (χ3v) is 7.87. The minimum atomic E-state index is -0.941. The Kier molecular flexibility index (Phi) is 10.3. The zero-order valence-electron chi connectivity index (χ0n) is 25.0. The van der Waals surface area contributed by atoms with Crippen LogP contribution in [0.5, 0.6) is 0 Å². The number of aliphatic imine (C=N–C) groups is 1. The molecule has 4 rings (SSSR count). The number of nitrogens with zero attached hydrogens (tertiary/aromatic N) is 1. The monoisotopic (exact) mass is 618 g/mol. The first-order valence-electron chi connectivity index (χ1n) is 13.8. The molecule has 4 heterocycles. The number of hydrogen-bond donors (Lipinski definition) is 5. The highest BCUT2D eigenvalue weighted by atomic mass is 35.5. The normalized spacial score (nSPS) is 16.5. The van der Waals surface area contributed by atoms with Crippen molar-refractivity contribution in [2.75, 3.05) is 0 Å². The molecule has 10 nitrogen and oxygen atoms in total. The van der Waals surface area contributed by atoms with Crippen molar-refractivity contribution in [3.05, 3.63) is 97.6 Å². The molecule has 2 aliphatic heterocycles. The maximum absolute atomic E-state index is 12.3. The summed E-state index contributed by atoms with van der Waals surface area (Å²) in [5.41, 5.74) is 7.97. The van der Waals surface area contributed by atoms with E-state index in [0.29, 0.717) is 55.8 Å². The number of carbonyl (C=O) groups is 4. The van der Waals surface area contributed by atoms with Gasteiger partial charge in [0.1, 0.15) is 0 Å². The fourth-order valence-electron chi connectivity index (χ4n) is 5.34. The van der Waals surface area contributed by atoms with Gasteiger partial charge in [0.05, 0.1) is 11.4 Å². The summed E-state index contributed by atoms with van der Waals surface area (Å²) < 4.78 is 0. The quantitative estimate of drug-likeness (QED) is 0.259. The van der Waals surface area contributed by atoms with Crippen LogP contribution in [0, 0.1) is 13.8 Å². The molecule has 0 saturated carbocycles. The van der Waals surface area contributed by atoms with Gasteiger partial charge in [-0.05, 0) is 86.6 Å². The smallest absolute Gasteiger partial charge is 0.303 e. The number of carbonyl (C=O) groups excluding carboxylic acids is 2. The first kappa shape index (κ1) is 33.5. The van der Waals surface area contributed by atoms with Gasteiger partial charge in [-0.1, -0.05) is 25.3 Å². The van der Waals surface area contributed by atoms with Crippen LogP contribution in [-0.2, 0) is 32.0 Å². The van der Waals surface area contributed by atoms with E-state index < -0.39 is 11.9 Å². The lowest BCUT2D eigenvalue weighted by atomic mass is 10.0. The van der Waals surface area contributed by atoms with Gasteiger partial charge in [-0.3, -0.25) is 19.2 Å². The van der Waals surface area contributed by atoms with Crippen molar-refractivity contribution in [3.8, 4) is 0 Å². The Morgan fingerprint density at radius 3 is 1.95 bits per heavy atom. The summed E-state index contributed by atoms with van der Waals surface area (Å²) in [5, 5.41) is 23.0. The second-order valence-corrected chi connectivity index (χ2v) is 10.5. The SMILES string of the molecule is C=CC1=C(C)C(/C=c2\[nH]/c(=C\c3[nH]c(/C=C4\NC(=O)C(C)=C4C=C)c(C)c3CCC(=O)O)c(CCC(=O)O)c2C)=NC1=O.Cl. The number of halogens is 1. The van der Waals surface area contributed by atoms with Gasteiger partial charge in [-0.25, -0.2) is 4.99 Å². The number of aliphatic carboxylic acids is 2. The number of nitrogens with one attached hydrogen (secondary N) is 3. The second-order valence-electron chi connectivity index (χ2n) is 10.5. The molecule has 2 amide bonds. The summed E-state index contributed by atoms with van der Waals surface area (Å²) in [5.74, 6) is -2.46. The maximum Gasteiger partial charge on any atom is 0.303 e. The van der Waals surface area contributed by atoms with Gasteiger partial charge in [0.15, 0.2) is 0 Å². The van der Waals surface area contributed by atoms with E-state index in [9.17, 15) is 29.4 Å². The Balaban J connectivity index is 0.00000529. The molecule has 11 heteroatoms. The minimum Gasteiger partial charge on any atom is -0.481 e. The zero-order chi connectivity index (χ0) is 31.6. The molecule has 0 bridgehead atoms. The van der Waals surface area contributed by atoms with Crippen LogP contribution in [-0.4, -0.2) is 49.6 Å². The average molecular weight is 619 g/mol. The molecule has 0 aromatic carbocycles. The molecule has 44 heavy (non-hydrogen) atoms. The average Bonchev–Trinajstić information content (AvgIpc) is 3.59. The third kappa shape index (κ3) is 6.65. The number of carboxylic acid groups (broad SMARTS) is 2. The molecule has 0 fully saturated rings. The first-order chi connectivity index (χ1) is 20.4. The van der Waals surface area contributed by atoms with Crippen molar-refractivity contribution in [3.63, 3.8) is 0 Å². The zero-order valence-corrected chi connectivity index (χ0v) is 25.8. The first-order valence-corrected chi connectivity index (χ1v) is 13.8. The van der Waals surface area contributed by atoms with Gasteiger partial charge in [0, 0.05) is 51.6 Å². The van der Waals surface area contributed by atoms with E-state index in [1.165, 1.54) is 6.08 Å². The molecule has 0 spiro atoms. The van der Waals surface area contributed by atoms with Crippen LogP contribution in [0.4, 0.5) is 0 Å². The van der Waals surface area contributed by atoms with Gasteiger partial charge in [0.25, 0.3) is 11.8 Å². The van der Waals surface area contributed by atoms with Crippen LogP contribution in [0.25, 0.3) is 18.2 Å². The number of aromatic amines is 2. The highest BCUT2D eigenvalue weighted by Gasteiger charge is 2.23. The summed E-state index contributed by atoms with van der Waals surface area (Å²) in [7, 11) is 0. The van der Waals surface area contributed by atoms with Crippen molar-refractivity contribution < 1.29 is 29.4 Å². The van der Waals surface area contributed by atoms with Gasteiger partial charge < -0.3 is 25.5 Å².